The lowest BCUT2D eigenvalue weighted by atomic mass is 10.2. The van der Waals surface area contributed by atoms with Crippen LogP contribution in [-0.2, 0) is 0 Å². The molecule has 0 amide bonds. The van der Waals surface area contributed by atoms with Crippen molar-refractivity contribution >= 4 is 21.8 Å². The number of aromatic nitrogens is 1. The van der Waals surface area contributed by atoms with Crippen LogP contribution in [0.15, 0.2) is 116 Å². The summed E-state index contributed by atoms with van der Waals surface area (Å²) in [5.41, 5.74) is 3.73. The van der Waals surface area contributed by atoms with Gasteiger partial charge in [0.05, 0.1) is 11.0 Å². The first-order valence-electron chi connectivity index (χ1n) is 8.73. The van der Waals surface area contributed by atoms with E-state index in [9.17, 15) is 0 Å². The Morgan fingerprint density at radius 1 is 0.500 bits per heavy atom. The lowest BCUT2D eigenvalue weighted by molar-refractivity contribution is 1.18. The maximum absolute atomic E-state index is 2.92. The van der Waals surface area contributed by atoms with Gasteiger partial charge >= 0.3 is 0 Å². The number of fused-ring (bicyclic) bond motifs is 3. The molecule has 0 fully saturated rings. The van der Waals surface area contributed by atoms with Crippen LogP contribution in [0, 0.1) is 0 Å². The first-order chi connectivity index (χ1) is 12.9. The summed E-state index contributed by atoms with van der Waals surface area (Å²) in [7, 11) is 0. The Balaban J connectivity index is 0.000000204. The van der Waals surface area contributed by atoms with Crippen molar-refractivity contribution in [2.75, 3.05) is 0 Å². The van der Waals surface area contributed by atoms with E-state index < -0.39 is 0 Å². The fourth-order valence-electron chi connectivity index (χ4n) is 3.18. The Morgan fingerprint density at radius 3 is 1.58 bits per heavy atom. The molecular formula is C24H20N2. The standard InChI is InChI=1S/C18H13N.C6H7N/c1-2-8-14(9-3-1)19-17-12-6-4-10-15(17)16-11-5-7-13-18(16)19;1-2-4-6-7-5-3-1/h1-13H;1-7H. The quantitative estimate of drug-likeness (QED) is 0.454. The monoisotopic (exact) mass is 336 g/mol. The van der Waals surface area contributed by atoms with Crippen LogP contribution in [-0.4, -0.2) is 4.57 Å². The fraction of sp³-hybridized carbons (Fsp3) is 0. The molecule has 26 heavy (non-hydrogen) atoms. The second-order valence-electron chi connectivity index (χ2n) is 5.98. The number of para-hydroxylation sites is 3. The van der Waals surface area contributed by atoms with Gasteiger partial charge in [-0.3, -0.25) is 0 Å². The number of benzene rings is 3. The topological polar surface area (TPSA) is 17.0 Å². The predicted octanol–water partition coefficient (Wildman–Crippen LogP) is 5.96. The summed E-state index contributed by atoms with van der Waals surface area (Å²) in [6.45, 7) is 0. The third-order valence-corrected chi connectivity index (χ3v) is 4.31. The van der Waals surface area contributed by atoms with Crippen LogP contribution >= 0.6 is 0 Å². The number of nitrogens with zero attached hydrogens (tertiary/aromatic N) is 1. The van der Waals surface area contributed by atoms with Crippen LogP contribution in [0.3, 0.4) is 0 Å². The SMILES string of the molecule is C1=CC=CNC=C1.c1ccc(-n2c3ccccc3c3ccccc32)cc1. The molecule has 1 aliphatic rings. The van der Waals surface area contributed by atoms with E-state index in [1.54, 1.807) is 0 Å². The zero-order chi connectivity index (χ0) is 17.6. The lowest BCUT2D eigenvalue weighted by Crippen LogP contribution is -1.92. The highest BCUT2D eigenvalue weighted by Crippen LogP contribution is 2.31. The molecule has 5 rings (SSSR count). The molecule has 2 heteroatoms. The Kier molecular flexibility index (Phi) is 4.66. The van der Waals surface area contributed by atoms with Crippen LogP contribution in [0.2, 0.25) is 0 Å². The van der Waals surface area contributed by atoms with Crippen LogP contribution in [0.25, 0.3) is 27.5 Å². The van der Waals surface area contributed by atoms with Gasteiger partial charge in [-0.15, -0.1) is 0 Å². The average molecular weight is 336 g/mol. The molecule has 0 aliphatic carbocycles. The summed E-state index contributed by atoms with van der Waals surface area (Å²) in [6.07, 6.45) is 11.6. The van der Waals surface area contributed by atoms with Gasteiger partial charge in [0.2, 0.25) is 0 Å². The van der Waals surface area contributed by atoms with Crippen LogP contribution in [0.5, 0.6) is 0 Å². The van der Waals surface area contributed by atoms with E-state index >= 15 is 0 Å². The number of hydrogen-bond donors (Lipinski definition) is 1. The van der Waals surface area contributed by atoms with Gasteiger partial charge in [0.25, 0.3) is 0 Å². The van der Waals surface area contributed by atoms with Gasteiger partial charge in [0.15, 0.2) is 0 Å². The molecule has 1 N–H and O–H groups in total. The molecule has 2 heterocycles. The highest BCUT2D eigenvalue weighted by molar-refractivity contribution is 6.09. The Labute approximate surface area is 153 Å². The highest BCUT2D eigenvalue weighted by Gasteiger charge is 2.10. The van der Waals surface area contributed by atoms with E-state index in [1.807, 2.05) is 36.7 Å². The van der Waals surface area contributed by atoms with Crippen LogP contribution in [0.1, 0.15) is 0 Å². The Bertz CT molecular complexity index is 1030. The molecule has 1 aliphatic heterocycles. The third-order valence-electron chi connectivity index (χ3n) is 4.31. The minimum Gasteiger partial charge on any atom is -0.368 e. The molecule has 0 bridgehead atoms. The summed E-state index contributed by atoms with van der Waals surface area (Å²) >= 11 is 0. The second kappa shape index (κ2) is 7.58. The lowest BCUT2D eigenvalue weighted by Gasteiger charge is -2.06. The van der Waals surface area contributed by atoms with Crippen molar-refractivity contribution in [1.82, 2.24) is 9.88 Å². The molecule has 0 saturated heterocycles. The zero-order valence-electron chi connectivity index (χ0n) is 14.4. The van der Waals surface area contributed by atoms with Gasteiger partial charge in [-0.05, 0) is 36.4 Å². The van der Waals surface area contributed by atoms with E-state index in [4.69, 9.17) is 0 Å². The van der Waals surface area contributed by atoms with E-state index in [-0.39, 0.29) is 0 Å². The largest absolute Gasteiger partial charge is 0.368 e. The number of nitrogens with one attached hydrogen (secondary N) is 1. The Morgan fingerprint density at radius 2 is 1.00 bits per heavy atom. The predicted molar refractivity (Wildman–Crippen MR) is 111 cm³/mol. The molecule has 2 nitrogen and oxygen atoms in total. The fourth-order valence-corrected chi connectivity index (χ4v) is 3.18. The number of allylic oxidation sites excluding steroid dienone is 4. The van der Waals surface area contributed by atoms with E-state index in [1.165, 1.54) is 27.5 Å². The molecule has 1 aromatic heterocycles. The summed E-state index contributed by atoms with van der Waals surface area (Å²) < 4.78 is 2.32. The normalized spacial score (nSPS) is 12.5. The molecular weight excluding hydrogens is 316 g/mol. The second-order valence-corrected chi connectivity index (χ2v) is 5.98. The molecule has 4 aromatic rings. The number of hydrogen-bond acceptors (Lipinski definition) is 1. The van der Waals surface area contributed by atoms with Crippen molar-refractivity contribution in [3.63, 3.8) is 0 Å². The van der Waals surface area contributed by atoms with Crippen molar-refractivity contribution in [2.45, 2.75) is 0 Å². The summed E-state index contributed by atoms with van der Waals surface area (Å²) in [5, 5.41) is 5.54. The van der Waals surface area contributed by atoms with Crippen LogP contribution in [0.4, 0.5) is 0 Å². The maximum atomic E-state index is 2.92. The van der Waals surface area contributed by atoms with Crippen molar-refractivity contribution in [2.24, 2.45) is 0 Å². The van der Waals surface area contributed by atoms with E-state index in [0.717, 1.165) is 0 Å². The zero-order valence-corrected chi connectivity index (χ0v) is 14.4. The van der Waals surface area contributed by atoms with Crippen molar-refractivity contribution in [3.05, 3.63) is 116 Å². The number of rotatable bonds is 1. The van der Waals surface area contributed by atoms with Gasteiger partial charge in [-0.1, -0.05) is 66.7 Å². The molecule has 3 aromatic carbocycles. The van der Waals surface area contributed by atoms with Crippen molar-refractivity contribution < 1.29 is 0 Å². The third kappa shape index (κ3) is 3.17. The minimum absolute atomic E-state index is 1.21. The van der Waals surface area contributed by atoms with Gasteiger partial charge in [-0.25, -0.2) is 0 Å². The smallest absolute Gasteiger partial charge is 0.0541 e. The summed E-state index contributed by atoms with van der Waals surface area (Å²) in [6, 6.07) is 27.7. The van der Waals surface area contributed by atoms with E-state index in [2.05, 4.69) is 88.7 Å². The molecule has 0 radical (unpaired) electrons. The molecule has 126 valence electrons. The van der Waals surface area contributed by atoms with E-state index in [0.29, 0.717) is 0 Å². The average Bonchev–Trinajstić information content (AvgIpc) is 2.86. The van der Waals surface area contributed by atoms with Crippen LogP contribution < -0.4 is 5.32 Å². The van der Waals surface area contributed by atoms with Gasteiger partial charge < -0.3 is 9.88 Å². The maximum Gasteiger partial charge on any atom is 0.0541 e. The highest BCUT2D eigenvalue weighted by atomic mass is 15.0. The van der Waals surface area contributed by atoms with Gasteiger partial charge in [0.1, 0.15) is 0 Å². The molecule has 0 spiro atoms. The van der Waals surface area contributed by atoms with Crippen molar-refractivity contribution in [3.8, 4) is 5.69 Å². The molecule has 0 saturated carbocycles. The molecule has 0 atom stereocenters. The molecule has 0 unspecified atom stereocenters. The minimum atomic E-state index is 1.21. The first kappa shape index (κ1) is 16.0. The Hall–Kier alpha value is -3.52. The van der Waals surface area contributed by atoms with Gasteiger partial charge in [-0.2, -0.15) is 0 Å². The summed E-state index contributed by atoms with van der Waals surface area (Å²) in [5.74, 6) is 0. The first-order valence-corrected chi connectivity index (χ1v) is 8.73. The van der Waals surface area contributed by atoms with Gasteiger partial charge in [0, 0.05) is 28.9 Å². The summed E-state index contributed by atoms with van der Waals surface area (Å²) in [4.78, 5) is 0. The van der Waals surface area contributed by atoms with Crippen molar-refractivity contribution in [1.29, 1.82) is 0 Å².